The van der Waals surface area contributed by atoms with Crippen LogP contribution >= 0.6 is 12.2 Å². The van der Waals surface area contributed by atoms with Gasteiger partial charge in [0.05, 0.1) is 0 Å². The lowest BCUT2D eigenvalue weighted by Gasteiger charge is -2.08. The van der Waals surface area contributed by atoms with Crippen LogP contribution in [0.5, 0.6) is 0 Å². The molecule has 2 rings (SSSR count). The highest BCUT2D eigenvalue weighted by Gasteiger charge is 2.06. The van der Waals surface area contributed by atoms with Gasteiger partial charge in [0.15, 0.2) is 0 Å². The van der Waals surface area contributed by atoms with E-state index >= 15 is 0 Å². The maximum Gasteiger partial charge on any atom is 0.139 e. The van der Waals surface area contributed by atoms with Crippen molar-refractivity contribution in [3.63, 3.8) is 0 Å². The second-order valence-electron chi connectivity index (χ2n) is 5.16. The monoisotopic (exact) mass is 276 g/mol. The third-order valence-corrected chi connectivity index (χ3v) is 3.08. The number of aryl methyl sites for hydroxylation is 1. The first kappa shape index (κ1) is 13.9. The van der Waals surface area contributed by atoms with Crippen molar-refractivity contribution in [3.05, 3.63) is 46.0 Å². The van der Waals surface area contributed by atoms with Crippen molar-refractivity contribution < 1.29 is 4.39 Å². The van der Waals surface area contributed by atoms with E-state index in [0.717, 1.165) is 17.7 Å². The van der Waals surface area contributed by atoms with Gasteiger partial charge in [0.25, 0.3) is 0 Å². The van der Waals surface area contributed by atoms with E-state index in [2.05, 4.69) is 23.8 Å². The van der Waals surface area contributed by atoms with E-state index in [1.54, 1.807) is 13.0 Å². The molecule has 0 unspecified atom stereocenters. The third kappa shape index (κ3) is 3.47. The maximum absolute atomic E-state index is 13.6. The zero-order chi connectivity index (χ0) is 14.0. The van der Waals surface area contributed by atoms with Crippen LogP contribution in [0.15, 0.2) is 24.3 Å². The normalized spacial score (nSPS) is 11.0. The molecular weight excluding hydrogens is 259 g/mol. The topological polar surface area (TPSA) is 28.7 Å². The molecule has 0 saturated heterocycles. The Balaban J connectivity index is 2.46. The van der Waals surface area contributed by atoms with E-state index in [4.69, 9.17) is 12.2 Å². The lowest BCUT2D eigenvalue weighted by atomic mass is 10.1. The van der Waals surface area contributed by atoms with E-state index in [1.165, 1.54) is 6.07 Å². The SMILES string of the molecule is Cc1ccc(-c2nc(=S)cc(CC(C)C)[nH]2)cc1F. The number of halogens is 1. The molecule has 0 bridgehead atoms. The van der Waals surface area contributed by atoms with E-state index in [0.29, 0.717) is 21.9 Å². The summed E-state index contributed by atoms with van der Waals surface area (Å²) >= 11 is 5.17. The maximum atomic E-state index is 13.6. The van der Waals surface area contributed by atoms with Crippen molar-refractivity contribution in [2.24, 2.45) is 5.92 Å². The van der Waals surface area contributed by atoms with Crippen molar-refractivity contribution in [2.75, 3.05) is 0 Å². The predicted molar refractivity (Wildman–Crippen MR) is 78.1 cm³/mol. The standard InChI is InChI=1S/C15H17FN2S/c1-9(2)6-12-8-14(19)18-15(17-12)11-5-4-10(3)13(16)7-11/h4-5,7-9H,6H2,1-3H3,(H,17,18,19). The summed E-state index contributed by atoms with van der Waals surface area (Å²) in [4.78, 5) is 7.51. The van der Waals surface area contributed by atoms with E-state index in [9.17, 15) is 4.39 Å². The number of rotatable bonds is 3. The quantitative estimate of drug-likeness (QED) is 0.839. The number of hydrogen-bond donors (Lipinski definition) is 1. The first-order valence-corrected chi connectivity index (χ1v) is 6.73. The lowest BCUT2D eigenvalue weighted by Crippen LogP contribution is -2.01. The van der Waals surface area contributed by atoms with Crippen molar-refractivity contribution >= 4 is 12.2 Å². The molecule has 0 saturated carbocycles. The minimum atomic E-state index is -0.229. The molecule has 0 fully saturated rings. The zero-order valence-electron chi connectivity index (χ0n) is 11.3. The summed E-state index contributed by atoms with van der Waals surface area (Å²) in [6.07, 6.45) is 0.896. The van der Waals surface area contributed by atoms with Crippen molar-refractivity contribution in [1.82, 2.24) is 9.97 Å². The molecule has 1 N–H and O–H groups in total. The molecule has 0 radical (unpaired) electrons. The molecule has 0 aliphatic carbocycles. The van der Waals surface area contributed by atoms with Gasteiger partial charge in [-0.05, 0) is 37.0 Å². The predicted octanol–water partition coefficient (Wildman–Crippen LogP) is 4.45. The number of hydrogen-bond acceptors (Lipinski definition) is 2. The molecule has 2 aromatic rings. The molecular formula is C15H17FN2S. The van der Waals surface area contributed by atoms with Crippen LogP contribution in [-0.2, 0) is 6.42 Å². The minimum Gasteiger partial charge on any atom is -0.343 e. The van der Waals surface area contributed by atoms with Gasteiger partial charge in [-0.15, -0.1) is 0 Å². The molecule has 0 aliphatic rings. The molecule has 0 spiro atoms. The minimum absolute atomic E-state index is 0.229. The molecule has 1 heterocycles. The van der Waals surface area contributed by atoms with Crippen LogP contribution in [0.2, 0.25) is 0 Å². The Morgan fingerprint density at radius 1 is 1.32 bits per heavy atom. The van der Waals surface area contributed by atoms with Gasteiger partial charge in [0.2, 0.25) is 0 Å². The second kappa shape index (κ2) is 5.61. The summed E-state index contributed by atoms with van der Waals surface area (Å²) in [5.41, 5.74) is 2.38. The van der Waals surface area contributed by atoms with Gasteiger partial charge >= 0.3 is 0 Å². The lowest BCUT2D eigenvalue weighted by molar-refractivity contribution is 0.618. The summed E-state index contributed by atoms with van der Waals surface area (Å²) in [7, 11) is 0. The molecule has 0 amide bonds. The molecule has 100 valence electrons. The van der Waals surface area contributed by atoms with E-state index in [1.807, 2.05) is 12.1 Å². The Hall–Kier alpha value is -1.55. The smallest absolute Gasteiger partial charge is 0.139 e. The summed E-state index contributed by atoms with van der Waals surface area (Å²) in [6, 6.07) is 6.95. The van der Waals surface area contributed by atoms with Gasteiger partial charge in [-0.3, -0.25) is 0 Å². The summed E-state index contributed by atoms with van der Waals surface area (Å²) in [5.74, 6) is 0.922. The number of aromatic amines is 1. The fourth-order valence-corrected chi connectivity index (χ4v) is 2.17. The van der Waals surface area contributed by atoms with Gasteiger partial charge in [0, 0.05) is 11.3 Å². The highest BCUT2D eigenvalue weighted by Crippen LogP contribution is 2.19. The van der Waals surface area contributed by atoms with E-state index in [-0.39, 0.29) is 5.82 Å². The molecule has 0 aliphatic heterocycles. The van der Waals surface area contributed by atoms with Crippen LogP contribution in [0.4, 0.5) is 4.39 Å². The number of benzene rings is 1. The molecule has 19 heavy (non-hydrogen) atoms. The van der Waals surface area contributed by atoms with Gasteiger partial charge < -0.3 is 4.98 Å². The van der Waals surface area contributed by atoms with Crippen LogP contribution in [0.3, 0.4) is 0 Å². The average Bonchev–Trinajstić information content (AvgIpc) is 2.31. The summed E-state index contributed by atoms with van der Waals surface area (Å²) in [6.45, 7) is 6.02. The third-order valence-electron chi connectivity index (χ3n) is 2.87. The fourth-order valence-electron chi connectivity index (χ4n) is 1.93. The van der Waals surface area contributed by atoms with Crippen LogP contribution in [0.25, 0.3) is 11.4 Å². The molecule has 2 nitrogen and oxygen atoms in total. The second-order valence-corrected chi connectivity index (χ2v) is 5.57. The Labute approximate surface area is 117 Å². The van der Waals surface area contributed by atoms with Crippen molar-refractivity contribution in [3.8, 4) is 11.4 Å². The molecule has 1 aromatic heterocycles. The van der Waals surface area contributed by atoms with Crippen LogP contribution < -0.4 is 0 Å². The van der Waals surface area contributed by atoms with Gasteiger partial charge in [-0.2, -0.15) is 0 Å². The van der Waals surface area contributed by atoms with Crippen LogP contribution in [0, 0.1) is 23.3 Å². The van der Waals surface area contributed by atoms with Gasteiger partial charge in [-0.25, -0.2) is 9.37 Å². The Morgan fingerprint density at radius 3 is 2.68 bits per heavy atom. The molecule has 0 atom stereocenters. The molecule has 4 heteroatoms. The van der Waals surface area contributed by atoms with Crippen molar-refractivity contribution in [1.29, 1.82) is 0 Å². The Morgan fingerprint density at radius 2 is 2.05 bits per heavy atom. The summed E-state index contributed by atoms with van der Waals surface area (Å²) < 4.78 is 14.1. The average molecular weight is 276 g/mol. The number of nitrogens with one attached hydrogen (secondary N) is 1. The van der Waals surface area contributed by atoms with Crippen LogP contribution in [0.1, 0.15) is 25.1 Å². The first-order valence-electron chi connectivity index (χ1n) is 6.32. The largest absolute Gasteiger partial charge is 0.343 e. The van der Waals surface area contributed by atoms with Gasteiger partial charge in [-0.1, -0.05) is 38.2 Å². The fraction of sp³-hybridized carbons (Fsp3) is 0.333. The Kier molecular flexibility index (Phi) is 4.10. The number of H-pyrrole nitrogens is 1. The van der Waals surface area contributed by atoms with E-state index < -0.39 is 0 Å². The highest BCUT2D eigenvalue weighted by atomic mass is 32.1. The van der Waals surface area contributed by atoms with Crippen LogP contribution in [-0.4, -0.2) is 9.97 Å². The molecule has 1 aromatic carbocycles. The highest BCUT2D eigenvalue weighted by molar-refractivity contribution is 7.71. The number of aromatic nitrogens is 2. The zero-order valence-corrected chi connectivity index (χ0v) is 12.1. The first-order chi connectivity index (χ1) is 8.95. The van der Waals surface area contributed by atoms with Crippen molar-refractivity contribution in [2.45, 2.75) is 27.2 Å². The number of nitrogens with zero attached hydrogens (tertiary/aromatic N) is 1. The Bertz CT molecular complexity index is 647. The van der Waals surface area contributed by atoms with Gasteiger partial charge in [0.1, 0.15) is 16.3 Å². The summed E-state index contributed by atoms with van der Waals surface area (Å²) in [5, 5.41) is 0.